The Morgan fingerprint density at radius 3 is 2.85 bits per heavy atom. The van der Waals surface area contributed by atoms with Crippen molar-refractivity contribution in [2.45, 2.75) is 19.5 Å². The molecule has 5 heteroatoms. The summed E-state index contributed by atoms with van der Waals surface area (Å²) in [5.74, 6) is -0.366. The first-order valence-electron chi connectivity index (χ1n) is 6.51. The van der Waals surface area contributed by atoms with Crippen molar-refractivity contribution in [3.63, 3.8) is 0 Å². The number of esters is 1. The normalized spacial score (nSPS) is 12.2. The third kappa shape index (κ3) is 3.05. The molecule has 2 heterocycles. The van der Waals surface area contributed by atoms with Crippen LogP contribution in [0.3, 0.4) is 0 Å². The Bertz CT molecular complexity index is 575. The number of aromatic nitrogens is 2. The maximum absolute atomic E-state index is 11.3. The van der Waals surface area contributed by atoms with Gasteiger partial charge in [-0.25, -0.2) is 4.79 Å². The zero-order chi connectivity index (χ0) is 14.5. The van der Waals surface area contributed by atoms with Crippen LogP contribution in [0.1, 0.15) is 34.7 Å². The van der Waals surface area contributed by atoms with E-state index in [2.05, 4.69) is 32.6 Å². The second-order valence-electron chi connectivity index (χ2n) is 4.60. The van der Waals surface area contributed by atoms with E-state index in [1.54, 1.807) is 12.3 Å². The lowest BCUT2D eigenvalue weighted by Gasteiger charge is -2.14. The number of hydrogen-bond donors (Lipinski definition) is 1. The summed E-state index contributed by atoms with van der Waals surface area (Å²) in [4.78, 5) is 15.7. The van der Waals surface area contributed by atoms with Gasteiger partial charge in [-0.3, -0.25) is 4.98 Å². The van der Waals surface area contributed by atoms with Crippen LogP contribution in [0, 0.1) is 0 Å². The van der Waals surface area contributed by atoms with Gasteiger partial charge in [0.15, 0.2) is 0 Å². The fourth-order valence-electron chi connectivity index (χ4n) is 2.04. The van der Waals surface area contributed by atoms with E-state index in [0.29, 0.717) is 12.1 Å². The minimum absolute atomic E-state index is 0.277. The number of carbonyl (C=O) groups excluding carboxylic acids is 1. The molecule has 0 radical (unpaired) electrons. The number of nitrogens with one attached hydrogen (secondary N) is 1. The molecule has 0 spiro atoms. The SMILES string of the molecule is CNC(C)c1cccn1Cc1ccc(C(=O)OC)cn1. The highest BCUT2D eigenvalue weighted by Gasteiger charge is 2.09. The summed E-state index contributed by atoms with van der Waals surface area (Å²) in [6, 6.07) is 7.97. The molecule has 106 valence electrons. The van der Waals surface area contributed by atoms with Gasteiger partial charge in [-0.1, -0.05) is 0 Å². The molecule has 5 nitrogen and oxygen atoms in total. The summed E-state index contributed by atoms with van der Waals surface area (Å²) in [5, 5.41) is 3.22. The molecule has 0 aliphatic rings. The van der Waals surface area contributed by atoms with Crippen LogP contribution in [0.15, 0.2) is 36.7 Å². The van der Waals surface area contributed by atoms with Crippen molar-refractivity contribution in [3.8, 4) is 0 Å². The average molecular weight is 273 g/mol. The Morgan fingerprint density at radius 1 is 1.45 bits per heavy atom. The van der Waals surface area contributed by atoms with Crippen LogP contribution in [-0.2, 0) is 11.3 Å². The topological polar surface area (TPSA) is 56.2 Å². The number of pyridine rings is 1. The maximum atomic E-state index is 11.3. The van der Waals surface area contributed by atoms with Crippen molar-refractivity contribution in [3.05, 3.63) is 53.6 Å². The van der Waals surface area contributed by atoms with Crippen LogP contribution in [0.2, 0.25) is 0 Å². The number of nitrogens with zero attached hydrogens (tertiary/aromatic N) is 2. The first-order chi connectivity index (χ1) is 9.65. The zero-order valence-electron chi connectivity index (χ0n) is 12.0. The van der Waals surface area contributed by atoms with Crippen LogP contribution >= 0.6 is 0 Å². The van der Waals surface area contributed by atoms with Gasteiger partial charge in [0.25, 0.3) is 0 Å². The Kier molecular flexibility index (Phi) is 4.53. The van der Waals surface area contributed by atoms with Crippen molar-refractivity contribution in [2.24, 2.45) is 0 Å². The summed E-state index contributed by atoms with van der Waals surface area (Å²) in [6.45, 7) is 2.79. The fraction of sp³-hybridized carbons (Fsp3) is 0.333. The van der Waals surface area contributed by atoms with Gasteiger partial charge in [-0.2, -0.15) is 0 Å². The van der Waals surface area contributed by atoms with Gasteiger partial charge in [-0.15, -0.1) is 0 Å². The van der Waals surface area contributed by atoms with Crippen molar-refractivity contribution in [2.75, 3.05) is 14.2 Å². The second-order valence-corrected chi connectivity index (χ2v) is 4.60. The molecule has 1 unspecified atom stereocenters. The van der Waals surface area contributed by atoms with Crippen LogP contribution in [-0.4, -0.2) is 29.7 Å². The molecule has 1 atom stereocenters. The molecule has 2 rings (SSSR count). The van der Waals surface area contributed by atoms with E-state index in [1.807, 2.05) is 25.4 Å². The molecule has 2 aromatic rings. The van der Waals surface area contributed by atoms with Gasteiger partial charge in [0.05, 0.1) is 24.9 Å². The molecule has 0 aromatic carbocycles. The molecule has 0 saturated carbocycles. The molecule has 0 aliphatic heterocycles. The van der Waals surface area contributed by atoms with E-state index >= 15 is 0 Å². The zero-order valence-corrected chi connectivity index (χ0v) is 12.0. The van der Waals surface area contributed by atoms with Crippen LogP contribution in [0.5, 0.6) is 0 Å². The van der Waals surface area contributed by atoms with E-state index in [1.165, 1.54) is 12.8 Å². The fourth-order valence-corrected chi connectivity index (χ4v) is 2.04. The number of rotatable bonds is 5. The second kappa shape index (κ2) is 6.34. The van der Waals surface area contributed by atoms with Gasteiger partial charge >= 0.3 is 5.97 Å². The Morgan fingerprint density at radius 2 is 2.25 bits per heavy atom. The quantitative estimate of drug-likeness (QED) is 0.847. The van der Waals surface area contributed by atoms with E-state index in [0.717, 1.165) is 5.69 Å². The lowest BCUT2D eigenvalue weighted by Crippen LogP contribution is -2.17. The molecule has 0 fully saturated rings. The predicted molar refractivity (Wildman–Crippen MR) is 76.6 cm³/mol. The first-order valence-corrected chi connectivity index (χ1v) is 6.51. The molecular formula is C15H19N3O2. The summed E-state index contributed by atoms with van der Waals surface area (Å²) in [7, 11) is 3.30. The van der Waals surface area contributed by atoms with Crippen LogP contribution in [0.4, 0.5) is 0 Å². The summed E-state index contributed by atoms with van der Waals surface area (Å²) in [6.07, 6.45) is 3.57. The highest BCUT2D eigenvalue weighted by atomic mass is 16.5. The van der Waals surface area contributed by atoms with Gasteiger partial charge in [0, 0.05) is 24.1 Å². The summed E-state index contributed by atoms with van der Waals surface area (Å²) in [5.41, 5.74) is 2.57. The molecule has 0 saturated heterocycles. The summed E-state index contributed by atoms with van der Waals surface area (Å²) >= 11 is 0. The number of methoxy groups -OCH3 is 1. The van der Waals surface area contributed by atoms with Crippen molar-refractivity contribution in [1.29, 1.82) is 0 Å². The van der Waals surface area contributed by atoms with E-state index < -0.39 is 0 Å². The molecular weight excluding hydrogens is 254 g/mol. The van der Waals surface area contributed by atoms with Gasteiger partial charge in [0.1, 0.15) is 0 Å². The van der Waals surface area contributed by atoms with Crippen molar-refractivity contribution >= 4 is 5.97 Å². The third-order valence-corrected chi connectivity index (χ3v) is 3.32. The summed E-state index contributed by atoms with van der Waals surface area (Å²) < 4.78 is 6.79. The van der Waals surface area contributed by atoms with Gasteiger partial charge in [-0.05, 0) is 38.2 Å². The Balaban J connectivity index is 2.14. The smallest absolute Gasteiger partial charge is 0.339 e. The third-order valence-electron chi connectivity index (χ3n) is 3.32. The lowest BCUT2D eigenvalue weighted by atomic mass is 10.2. The highest BCUT2D eigenvalue weighted by molar-refractivity contribution is 5.88. The molecule has 1 N–H and O–H groups in total. The standard InChI is InChI=1S/C15H19N3O2/c1-11(16-2)14-5-4-8-18(14)10-13-7-6-12(9-17-13)15(19)20-3/h4-9,11,16H,10H2,1-3H3. The van der Waals surface area contributed by atoms with Crippen molar-refractivity contribution < 1.29 is 9.53 Å². The molecule has 20 heavy (non-hydrogen) atoms. The lowest BCUT2D eigenvalue weighted by molar-refractivity contribution is 0.0600. The van der Waals surface area contributed by atoms with E-state index in [4.69, 9.17) is 0 Å². The molecule has 0 bridgehead atoms. The van der Waals surface area contributed by atoms with Gasteiger partial charge < -0.3 is 14.6 Å². The monoisotopic (exact) mass is 273 g/mol. The predicted octanol–water partition coefficient (Wildman–Crippen LogP) is 2.00. The minimum atomic E-state index is -0.366. The number of ether oxygens (including phenoxy) is 1. The number of hydrogen-bond acceptors (Lipinski definition) is 4. The highest BCUT2D eigenvalue weighted by Crippen LogP contribution is 2.14. The van der Waals surface area contributed by atoms with Crippen LogP contribution < -0.4 is 5.32 Å². The number of carbonyl (C=O) groups is 1. The average Bonchev–Trinajstić information content (AvgIpc) is 2.94. The van der Waals surface area contributed by atoms with E-state index in [-0.39, 0.29) is 12.0 Å². The van der Waals surface area contributed by atoms with E-state index in [9.17, 15) is 4.79 Å². The van der Waals surface area contributed by atoms with Gasteiger partial charge in [0.2, 0.25) is 0 Å². The minimum Gasteiger partial charge on any atom is -0.465 e. The largest absolute Gasteiger partial charge is 0.465 e. The first kappa shape index (κ1) is 14.3. The van der Waals surface area contributed by atoms with Crippen LogP contribution in [0.25, 0.3) is 0 Å². The maximum Gasteiger partial charge on any atom is 0.339 e. The molecule has 0 amide bonds. The Labute approximate surface area is 118 Å². The molecule has 0 aliphatic carbocycles. The molecule has 2 aromatic heterocycles. The van der Waals surface area contributed by atoms with Crippen molar-refractivity contribution in [1.82, 2.24) is 14.9 Å². The Hall–Kier alpha value is -2.14.